The number of esters is 1. The van der Waals surface area contributed by atoms with Crippen LogP contribution in [0.5, 0.6) is 0 Å². The van der Waals surface area contributed by atoms with Crippen LogP contribution in [0.1, 0.15) is 34.8 Å². The van der Waals surface area contributed by atoms with Crippen molar-refractivity contribution in [3.8, 4) is 0 Å². The van der Waals surface area contributed by atoms with Gasteiger partial charge in [0, 0.05) is 0 Å². The fourth-order valence-electron chi connectivity index (χ4n) is 1.87. The van der Waals surface area contributed by atoms with Crippen molar-refractivity contribution in [2.75, 3.05) is 7.11 Å². The van der Waals surface area contributed by atoms with Crippen molar-refractivity contribution in [1.82, 2.24) is 0 Å². The quantitative estimate of drug-likeness (QED) is 0.654. The number of hydrogen-bond acceptors (Lipinski definition) is 2. The molecule has 2 heteroatoms. The number of hydrogen-bond donors (Lipinski definition) is 0. The maximum absolute atomic E-state index is 11.3. The van der Waals surface area contributed by atoms with Gasteiger partial charge in [0.2, 0.25) is 0 Å². The topological polar surface area (TPSA) is 26.3 Å². The van der Waals surface area contributed by atoms with E-state index in [1.165, 1.54) is 18.2 Å². The molecule has 0 amide bonds. The molecule has 0 spiro atoms. The third-order valence-corrected chi connectivity index (χ3v) is 2.76. The summed E-state index contributed by atoms with van der Waals surface area (Å²) in [6, 6.07) is 5.76. The van der Waals surface area contributed by atoms with E-state index < -0.39 is 0 Å². The van der Waals surface area contributed by atoms with Crippen LogP contribution in [0.4, 0.5) is 0 Å². The van der Waals surface area contributed by atoms with E-state index in [0.717, 1.165) is 18.4 Å². The highest BCUT2D eigenvalue weighted by Gasteiger charge is 2.11. The number of methoxy groups -OCH3 is 1. The first-order valence-corrected chi connectivity index (χ1v) is 5.09. The molecule has 2 rings (SSSR count). The van der Waals surface area contributed by atoms with Gasteiger partial charge in [0.05, 0.1) is 12.7 Å². The summed E-state index contributed by atoms with van der Waals surface area (Å²) in [5.74, 6) is -0.269. The van der Waals surface area contributed by atoms with Gasteiger partial charge in [-0.25, -0.2) is 4.79 Å². The minimum absolute atomic E-state index is 0.269. The third-order valence-electron chi connectivity index (χ3n) is 2.76. The molecule has 0 radical (unpaired) electrons. The molecule has 2 nitrogen and oxygen atoms in total. The van der Waals surface area contributed by atoms with Gasteiger partial charge in [0.25, 0.3) is 0 Å². The average molecular weight is 202 g/mol. The van der Waals surface area contributed by atoms with Gasteiger partial charge in [0.1, 0.15) is 0 Å². The third kappa shape index (κ3) is 1.94. The lowest BCUT2D eigenvalue weighted by Crippen LogP contribution is -2.04. The summed E-state index contributed by atoms with van der Waals surface area (Å²) in [4.78, 5) is 11.3. The second-order valence-electron chi connectivity index (χ2n) is 3.90. The molecule has 1 aromatic rings. The standard InChI is InChI=1S/C13H14O2/c1-9-3-4-10-5-6-11(13(14)15-2)8-12(10)7-9/h5-8H,3-4H2,1-2H3. The molecule has 0 unspecified atom stereocenters. The van der Waals surface area contributed by atoms with Crippen LogP contribution >= 0.6 is 0 Å². The zero-order chi connectivity index (χ0) is 10.8. The van der Waals surface area contributed by atoms with Gasteiger partial charge in [-0.15, -0.1) is 0 Å². The molecule has 0 heterocycles. The van der Waals surface area contributed by atoms with E-state index in [0.29, 0.717) is 5.56 Å². The van der Waals surface area contributed by atoms with Crippen LogP contribution in [-0.2, 0) is 11.2 Å². The Hall–Kier alpha value is -1.57. The lowest BCUT2D eigenvalue weighted by Gasteiger charge is -2.14. The molecule has 1 aliphatic carbocycles. The van der Waals surface area contributed by atoms with E-state index in [4.69, 9.17) is 4.74 Å². The van der Waals surface area contributed by atoms with E-state index in [2.05, 4.69) is 13.0 Å². The van der Waals surface area contributed by atoms with E-state index in [1.54, 1.807) is 0 Å². The summed E-state index contributed by atoms with van der Waals surface area (Å²) in [6.45, 7) is 2.12. The van der Waals surface area contributed by atoms with Gasteiger partial charge in [-0.05, 0) is 43.0 Å². The summed E-state index contributed by atoms with van der Waals surface area (Å²) in [7, 11) is 1.41. The fourth-order valence-corrected chi connectivity index (χ4v) is 1.87. The molecule has 0 atom stereocenters. The number of carbonyl (C=O) groups excluding carboxylic acids is 1. The minimum atomic E-state index is -0.269. The van der Waals surface area contributed by atoms with Gasteiger partial charge in [-0.2, -0.15) is 0 Å². The van der Waals surface area contributed by atoms with E-state index in [9.17, 15) is 4.79 Å². The van der Waals surface area contributed by atoms with Gasteiger partial charge in [-0.1, -0.05) is 17.7 Å². The molecule has 78 valence electrons. The van der Waals surface area contributed by atoms with Crippen LogP contribution in [0.25, 0.3) is 6.08 Å². The Balaban J connectivity index is 2.42. The van der Waals surface area contributed by atoms with Crippen molar-refractivity contribution in [3.05, 3.63) is 40.5 Å². The molecule has 0 N–H and O–H groups in total. The second-order valence-corrected chi connectivity index (χ2v) is 3.90. The predicted molar refractivity (Wildman–Crippen MR) is 59.8 cm³/mol. The Kier molecular flexibility index (Phi) is 2.58. The molecule has 0 saturated heterocycles. The largest absolute Gasteiger partial charge is 0.465 e. The fraction of sp³-hybridized carbons (Fsp3) is 0.308. The highest BCUT2D eigenvalue weighted by Crippen LogP contribution is 2.24. The zero-order valence-electron chi connectivity index (χ0n) is 9.04. The van der Waals surface area contributed by atoms with E-state index in [1.807, 2.05) is 18.2 Å². The molecule has 0 aliphatic heterocycles. The number of aryl methyl sites for hydroxylation is 1. The maximum atomic E-state index is 11.3. The van der Waals surface area contributed by atoms with Crippen molar-refractivity contribution in [3.63, 3.8) is 0 Å². The number of carbonyl (C=O) groups is 1. The number of allylic oxidation sites excluding steroid dienone is 1. The number of ether oxygens (including phenoxy) is 1. The highest BCUT2D eigenvalue weighted by molar-refractivity contribution is 5.90. The Morgan fingerprint density at radius 3 is 2.87 bits per heavy atom. The van der Waals surface area contributed by atoms with Crippen molar-refractivity contribution in [2.24, 2.45) is 0 Å². The highest BCUT2D eigenvalue weighted by atomic mass is 16.5. The van der Waals surface area contributed by atoms with Crippen molar-refractivity contribution >= 4 is 12.0 Å². The summed E-state index contributed by atoms with van der Waals surface area (Å²) >= 11 is 0. The van der Waals surface area contributed by atoms with Gasteiger partial charge >= 0.3 is 5.97 Å². The average Bonchev–Trinajstić information content (AvgIpc) is 2.27. The van der Waals surface area contributed by atoms with Crippen LogP contribution in [0.2, 0.25) is 0 Å². The summed E-state index contributed by atoms with van der Waals surface area (Å²) in [5, 5.41) is 0. The lowest BCUT2D eigenvalue weighted by atomic mass is 9.92. The number of fused-ring (bicyclic) bond motifs is 1. The Bertz CT molecular complexity index is 430. The Morgan fingerprint density at radius 2 is 2.13 bits per heavy atom. The molecular weight excluding hydrogens is 188 g/mol. The predicted octanol–water partition coefficient (Wildman–Crippen LogP) is 2.82. The molecule has 0 aromatic heterocycles. The van der Waals surface area contributed by atoms with Crippen LogP contribution in [0.3, 0.4) is 0 Å². The van der Waals surface area contributed by atoms with E-state index in [-0.39, 0.29) is 5.97 Å². The first-order chi connectivity index (χ1) is 7.20. The smallest absolute Gasteiger partial charge is 0.337 e. The van der Waals surface area contributed by atoms with Crippen molar-refractivity contribution in [2.45, 2.75) is 19.8 Å². The molecule has 1 aromatic carbocycles. The Labute approximate surface area is 89.6 Å². The SMILES string of the molecule is COC(=O)c1ccc2c(c1)C=C(C)CC2. The first kappa shape index (κ1) is 9.97. The maximum Gasteiger partial charge on any atom is 0.337 e. The number of rotatable bonds is 1. The normalized spacial score (nSPS) is 14.1. The van der Waals surface area contributed by atoms with Crippen molar-refractivity contribution in [1.29, 1.82) is 0 Å². The minimum Gasteiger partial charge on any atom is -0.465 e. The van der Waals surface area contributed by atoms with Crippen molar-refractivity contribution < 1.29 is 9.53 Å². The van der Waals surface area contributed by atoms with Gasteiger partial charge in [0.15, 0.2) is 0 Å². The molecule has 0 bridgehead atoms. The molecule has 1 aliphatic rings. The summed E-state index contributed by atoms with van der Waals surface area (Å²) in [6.07, 6.45) is 4.33. The van der Waals surface area contributed by atoms with Crippen LogP contribution in [0.15, 0.2) is 23.8 Å². The molecule has 0 saturated carbocycles. The first-order valence-electron chi connectivity index (χ1n) is 5.09. The van der Waals surface area contributed by atoms with E-state index >= 15 is 0 Å². The summed E-state index contributed by atoms with van der Waals surface area (Å²) in [5.41, 5.74) is 4.46. The van der Waals surface area contributed by atoms with Crippen LogP contribution in [-0.4, -0.2) is 13.1 Å². The van der Waals surface area contributed by atoms with Crippen LogP contribution in [0, 0.1) is 0 Å². The second kappa shape index (κ2) is 3.89. The molecule has 15 heavy (non-hydrogen) atoms. The van der Waals surface area contributed by atoms with Gasteiger partial charge in [-0.3, -0.25) is 0 Å². The number of benzene rings is 1. The lowest BCUT2D eigenvalue weighted by molar-refractivity contribution is 0.0600. The monoisotopic (exact) mass is 202 g/mol. The molecule has 0 fully saturated rings. The zero-order valence-corrected chi connectivity index (χ0v) is 9.04. The Morgan fingerprint density at radius 1 is 1.33 bits per heavy atom. The summed E-state index contributed by atoms with van der Waals surface area (Å²) < 4.78 is 4.69. The molecular formula is C13H14O2. The van der Waals surface area contributed by atoms with Gasteiger partial charge < -0.3 is 4.74 Å². The van der Waals surface area contributed by atoms with Crippen LogP contribution < -0.4 is 0 Å².